The zero-order valence-corrected chi connectivity index (χ0v) is 21.8. The molecule has 1 aromatic heterocycles. The van der Waals surface area contributed by atoms with Crippen LogP contribution >= 0.6 is 11.3 Å². The van der Waals surface area contributed by atoms with Crippen LogP contribution in [-0.2, 0) is 25.0 Å². The lowest BCUT2D eigenvalue weighted by Crippen LogP contribution is -2.29. The highest BCUT2D eigenvalue weighted by atomic mass is 32.2. The van der Waals surface area contributed by atoms with Gasteiger partial charge in [-0.2, -0.15) is 0 Å². The van der Waals surface area contributed by atoms with E-state index in [0.717, 1.165) is 5.56 Å². The summed E-state index contributed by atoms with van der Waals surface area (Å²) in [5, 5.41) is 18.5. The second-order valence-electron chi connectivity index (χ2n) is 9.39. The van der Waals surface area contributed by atoms with E-state index in [1.807, 2.05) is 26.8 Å². The van der Waals surface area contributed by atoms with Crippen LogP contribution < -0.4 is 14.8 Å². The summed E-state index contributed by atoms with van der Waals surface area (Å²) >= 11 is 1.33. The molecule has 4 rings (SSSR count). The Morgan fingerprint density at radius 3 is 2.28 bits per heavy atom. The summed E-state index contributed by atoms with van der Waals surface area (Å²) in [5.74, 6) is -1.69. The van der Waals surface area contributed by atoms with Crippen LogP contribution in [0.4, 0.5) is 5.69 Å². The molecule has 0 aliphatic carbocycles. The summed E-state index contributed by atoms with van der Waals surface area (Å²) in [4.78, 5) is 28.4. The topological polar surface area (TPSA) is 127 Å². The second kappa shape index (κ2) is 9.20. The number of benzene rings is 2. The number of ketones is 1. The van der Waals surface area contributed by atoms with E-state index >= 15 is 0 Å². The Balaban J connectivity index is 1.94. The van der Waals surface area contributed by atoms with Crippen LogP contribution in [0.5, 0.6) is 5.75 Å². The Hall–Kier alpha value is -3.47. The molecule has 3 aromatic rings. The van der Waals surface area contributed by atoms with Gasteiger partial charge in [-0.15, -0.1) is 11.3 Å². The van der Waals surface area contributed by atoms with Crippen LogP contribution in [0.15, 0.2) is 70.4 Å². The fraction of sp³-hybridized carbons (Fsp3) is 0.231. The first kappa shape index (κ1) is 25.6. The van der Waals surface area contributed by atoms with Crippen molar-refractivity contribution in [3.8, 4) is 5.75 Å². The van der Waals surface area contributed by atoms with Gasteiger partial charge in [-0.3, -0.25) is 14.5 Å². The summed E-state index contributed by atoms with van der Waals surface area (Å²) in [6.45, 7) is 6.07. The molecule has 36 heavy (non-hydrogen) atoms. The first-order chi connectivity index (χ1) is 16.8. The smallest absolute Gasteiger partial charge is 0.300 e. The van der Waals surface area contributed by atoms with Gasteiger partial charge in [0.1, 0.15) is 17.6 Å². The predicted molar refractivity (Wildman–Crippen MR) is 139 cm³/mol. The molecule has 1 aliphatic heterocycles. The van der Waals surface area contributed by atoms with Crippen molar-refractivity contribution < 1.29 is 27.9 Å². The van der Waals surface area contributed by atoms with Crippen molar-refractivity contribution >= 4 is 44.5 Å². The molecule has 0 saturated carbocycles. The molecule has 1 unspecified atom stereocenters. The van der Waals surface area contributed by atoms with E-state index < -0.39 is 27.8 Å². The van der Waals surface area contributed by atoms with Gasteiger partial charge in [0, 0.05) is 10.6 Å². The summed E-state index contributed by atoms with van der Waals surface area (Å²) in [6.07, 6.45) is 0. The molecule has 1 fully saturated rings. The van der Waals surface area contributed by atoms with Gasteiger partial charge in [0.2, 0.25) is 10.0 Å². The lowest BCUT2D eigenvalue weighted by atomic mass is 9.85. The Morgan fingerprint density at radius 2 is 1.75 bits per heavy atom. The zero-order chi connectivity index (χ0) is 26.4. The molecule has 3 N–H and O–H groups in total. The van der Waals surface area contributed by atoms with Crippen molar-refractivity contribution in [2.75, 3.05) is 12.0 Å². The minimum absolute atomic E-state index is 0.0812. The number of carbonyl (C=O) groups is 2. The standard InChI is InChI=1S/C26H26N2O6S2/c1-26(2,3)15-7-12-19(34-4)18(14-15)23(29)21-22(20-6-5-13-35-20)28(25(31)24(21)30)16-8-10-17(11-9-16)36(27,32)33/h5-14,22,29H,1-4H3,(H2,27,32,33)/b23-21+. The first-order valence-corrected chi connectivity index (χ1v) is 13.4. The Bertz CT molecular complexity index is 1470. The Kier molecular flexibility index (Phi) is 6.54. The third kappa shape index (κ3) is 4.55. The van der Waals surface area contributed by atoms with Gasteiger partial charge in [-0.05, 0) is 58.8 Å². The number of Topliss-reactive ketones (excluding diaryl/α,β-unsaturated/α-hetero) is 1. The number of carbonyl (C=O) groups excluding carboxylic acids is 2. The van der Waals surface area contributed by atoms with Crippen LogP contribution in [-0.4, -0.2) is 32.3 Å². The molecule has 0 radical (unpaired) electrons. The lowest BCUT2D eigenvalue weighted by molar-refractivity contribution is -0.132. The highest BCUT2D eigenvalue weighted by Gasteiger charge is 2.47. The number of ether oxygens (including phenoxy) is 1. The van der Waals surface area contributed by atoms with Gasteiger partial charge in [0.05, 0.1) is 23.1 Å². The van der Waals surface area contributed by atoms with E-state index in [9.17, 15) is 23.1 Å². The van der Waals surface area contributed by atoms with Crippen LogP contribution in [0.3, 0.4) is 0 Å². The third-order valence-corrected chi connectivity index (χ3v) is 7.88. The van der Waals surface area contributed by atoms with Crippen molar-refractivity contribution in [3.63, 3.8) is 0 Å². The molecule has 2 heterocycles. The van der Waals surface area contributed by atoms with Gasteiger partial charge >= 0.3 is 0 Å². The van der Waals surface area contributed by atoms with E-state index in [-0.39, 0.29) is 27.3 Å². The molecule has 1 saturated heterocycles. The molecule has 1 atom stereocenters. The first-order valence-electron chi connectivity index (χ1n) is 11.0. The van der Waals surface area contributed by atoms with E-state index in [1.54, 1.807) is 29.6 Å². The number of aliphatic hydroxyl groups excluding tert-OH is 1. The predicted octanol–water partition coefficient (Wildman–Crippen LogP) is 4.33. The monoisotopic (exact) mass is 526 g/mol. The molecule has 188 valence electrons. The zero-order valence-electron chi connectivity index (χ0n) is 20.2. The minimum atomic E-state index is -3.94. The van der Waals surface area contributed by atoms with Crippen LogP contribution in [0, 0.1) is 0 Å². The van der Waals surface area contributed by atoms with E-state index in [1.165, 1.54) is 47.6 Å². The third-order valence-electron chi connectivity index (χ3n) is 6.02. The summed E-state index contributed by atoms with van der Waals surface area (Å²) in [7, 11) is -2.48. The van der Waals surface area contributed by atoms with E-state index in [2.05, 4.69) is 0 Å². The molecule has 10 heteroatoms. The van der Waals surface area contributed by atoms with E-state index in [0.29, 0.717) is 16.2 Å². The quantitative estimate of drug-likeness (QED) is 0.289. The Labute approximate surface area is 213 Å². The van der Waals surface area contributed by atoms with E-state index in [4.69, 9.17) is 9.88 Å². The van der Waals surface area contributed by atoms with Crippen molar-refractivity contribution in [2.24, 2.45) is 5.14 Å². The number of methoxy groups -OCH3 is 1. The number of sulfonamides is 1. The number of rotatable bonds is 5. The number of nitrogens with zero attached hydrogens (tertiary/aromatic N) is 1. The maximum Gasteiger partial charge on any atom is 0.300 e. The van der Waals surface area contributed by atoms with Crippen LogP contribution in [0.25, 0.3) is 5.76 Å². The number of nitrogens with two attached hydrogens (primary N) is 1. The van der Waals surface area contributed by atoms with Gasteiger partial charge in [-0.25, -0.2) is 13.6 Å². The second-order valence-corrected chi connectivity index (χ2v) is 11.9. The van der Waals surface area contributed by atoms with Gasteiger partial charge in [-0.1, -0.05) is 32.9 Å². The van der Waals surface area contributed by atoms with Gasteiger partial charge in [0.15, 0.2) is 0 Å². The SMILES string of the molecule is COc1ccc(C(C)(C)C)cc1/C(O)=C1\C(=O)C(=O)N(c2ccc(S(N)(=O)=O)cc2)C1c1cccs1. The number of hydrogen-bond acceptors (Lipinski definition) is 7. The Morgan fingerprint density at radius 1 is 1.08 bits per heavy atom. The van der Waals surface area contributed by atoms with Crippen molar-refractivity contribution in [2.45, 2.75) is 37.1 Å². The highest BCUT2D eigenvalue weighted by Crippen LogP contribution is 2.45. The van der Waals surface area contributed by atoms with Crippen LogP contribution in [0.2, 0.25) is 0 Å². The summed E-state index contributed by atoms with van der Waals surface area (Å²) in [5.41, 5.74) is 1.17. The van der Waals surface area contributed by atoms with Gasteiger partial charge in [0.25, 0.3) is 11.7 Å². The maximum atomic E-state index is 13.4. The van der Waals surface area contributed by atoms with Crippen LogP contribution in [0.1, 0.15) is 42.8 Å². The van der Waals surface area contributed by atoms with Crippen molar-refractivity contribution in [1.82, 2.24) is 0 Å². The molecule has 1 aliphatic rings. The highest BCUT2D eigenvalue weighted by molar-refractivity contribution is 7.89. The average Bonchev–Trinajstić information content (AvgIpc) is 3.44. The normalized spacial score (nSPS) is 18.0. The number of anilines is 1. The number of amides is 1. The number of aliphatic hydroxyl groups is 1. The van der Waals surface area contributed by atoms with Crippen molar-refractivity contribution in [3.05, 3.63) is 81.6 Å². The maximum absolute atomic E-state index is 13.4. The number of thiophene rings is 1. The summed E-state index contributed by atoms with van der Waals surface area (Å²) < 4.78 is 28.8. The van der Waals surface area contributed by atoms with Crippen molar-refractivity contribution in [1.29, 1.82) is 0 Å². The lowest BCUT2D eigenvalue weighted by Gasteiger charge is -2.25. The minimum Gasteiger partial charge on any atom is -0.507 e. The van der Waals surface area contributed by atoms with Gasteiger partial charge < -0.3 is 9.84 Å². The molecule has 2 aromatic carbocycles. The molecule has 0 bridgehead atoms. The number of primary sulfonamides is 1. The largest absolute Gasteiger partial charge is 0.507 e. The molecule has 8 nitrogen and oxygen atoms in total. The summed E-state index contributed by atoms with van der Waals surface area (Å²) in [6, 6.07) is 13.3. The molecule has 0 spiro atoms. The average molecular weight is 527 g/mol. The fourth-order valence-corrected chi connectivity index (χ4v) is 5.45. The molecule has 1 amide bonds. The fourth-order valence-electron chi connectivity index (χ4n) is 4.12. The number of hydrogen-bond donors (Lipinski definition) is 2. The molecular weight excluding hydrogens is 500 g/mol. The molecular formula is C26H26N2O6S2.